The average molecular weight is 447 g/mol. The highest BCUT2D eigenvalue weighted by Crippen LogP contribution is 2.28. The van der Waals surface area contributed by atoms with Gasteiger partial charge in [0.05, 0.1) is 40.9 Å². The number of β-amino-alcohol motifs (C(OH)–C–C–N with tert-alkyl or cyclic N) is 1. The lowest BCUT2D eigenvalue weighted by molar-refractivity contribution is -0.140. The van der Waals surface area contributed by atoms with Crippen molar-refractivity contribution in [3.63, 3.8) is 0 Å². The van der Waals surface area contributed by atoms with E-state index in [2.05, 4.69) is 10.3 Å². The van der Waals surface area contributed by atoms with Gasteiger partial charge in [-0.05, 0) is 24.0 Å². The number of rotatable bonds is 7. The zero-order valence-electron chi connectivity index (χ0n) is 18.0. The normalized spacial score (nSPS) is 20.7. The standard InChI is InChI=1S/C22H30N4O4S/c1-12(2)19(23)22(30)26-9-16(28)8-18(26)21(29)25-17(10-27)14-4-6-15(7-5-14)20-13(3)24-11-31-20/h4-7,11-12,16-19,27-28H,8-10,23H2,1-3H3,(H,25,29)/t16-,17?,18+,19?/m1/s1. The SMILES string of the molecule is Cc1ncsc1-c1ccc(C(CO)NC(=O)[C@@H]2C[C@@H](O)CN2C(=O)C(N)C(C)C)cc1. The molecular weight excluding hydrogens is 416 g/mol. The zero-order valence-corrected chi connectivity index (χ0v) is 18.8. The third-order valence-electron chi connectivity index (χ3n) is 5.69. The largest absolute Gasteiger partial charge is 0.394 e. The predicted octanol–water partition coefficient (Wildman–Crippen LogP) is 1.21. The van der Waals surface area contributed by atoms with Crippen LogP contribution >= 0.6 is 11.3 Å². The number of carbonyl (C=O) groups excluding carboxylic acids is 2. The lowest BCUT2D eigenvalue weighted by Crippen LogP contribution is -2.53. The van der Waals surface area contributed by atoms with Crippen molar-refractivity contribution in [3.05, 3.63) is 41.0 Å². The molecule has 1 aliphatic rings. The summed E-state index contributed by atoms with van der Waals surface area (Å²) >= 11 is 1.56. The summed E-state index contributed by atoms with van der Waals surface area (Å²) in [5, 5.41) is 22.8. The van der Waals surface area contributed by atoms with Crippen molar-refractivity contribution in [3.8, 4) is 10.4 Å². The van der Waals surface area contributed by atoms with E-state index in [9.17, 15) is 19.8 Å². The van der Waals surface area contributed by atoms with E-state index in [1.807, 2.05) is 45.0 Å². The van der Waals surface area contributed by atoms with Gasteiger partial charge in [-0.1, -0.05) is 38.1 Å². The monoisotopic (exact) mass is 446 g/mol. The molecule has 1 saturated heterocycles. The summed E-state index contributed by atoms with van der Waals surface area (Å²) in [5.41, 5.74) is 10.5. The molecule has 2 aromatic rings. The van der Waals surface area contributed by atoms with E-state index in [1.165, 1.54) is 4.90 Å². The van der Waals surface area contributed by atoms with Crippen molar-refractivity contribution in [2.45, 2.75) is 51.4 Å². The first-order valence-corrected chi connectivity index (χ1v) is 11.3. The van der Waals surface area contributed by atoms with Crippen LogP contribution in [0.2, 0.25) is 0 Å². The first-order chi connectivity index (χ1) is 14.7. The van der Waals surface area contributed by atoms with Crippen LogP contribution in [0.1, 0.15) is 37.6 Å². The average Bonchev–Trinajstić information content (AvgIpc) is 3.36. The number of aliphatic hydroxyl groups excluding tert-OH is 2. The van der Waals surface area contributed by atoms with E-state index in [0.29, 0.717) is 0 Å². The molecule has 3 rings (SSSR count). The Hall–Kier alpha value is -2.33. The van der Waals surface area contributed by atoms with E-state index in [1.54, 1.807) is 16.8 Å². The summed E-state index contributed by atoms with van der Waals surface area (Å²) in [6, 6.07) is 5.39. The molecule has 31 heavy (non-hydrogen) atoms. The number of benzene rings is 1. The van der Waals surface area contributed by atoms with Gasteiger partial charge < -0.3 is 26.2 Å². The van der Waals surface area contributed by atoms with Crippen LogP contribution in [-0.2, 0) is 9.59 Å². The molecule has 2 heterocycles. The third-order valence-corrected chi connectivity index (χ3v) is 6.67. The van der Waals surface area contributed by atoms with Crippen LogP contribution in [0.25, 0.3) is 10.4 Å². The summed E-state index contributed by atoms with van der Waals surface area (Å²) < 4.78 is 0. The minimum absolute atomic E-state index is 0.0734. The van der Waals surface area contributed by atoms with Crippen molar-refractivity contribution < 1.29 is 19.8 Å². The smallest absolute Gasteiger partial charge is 0.243 e. The van der Waals surface area contributed by atoms with E-state index < -0.39 is 30.1 Å². The molecule has 1 fully saturated rings. The minimum atomic E-state index is -0.819. The topological polar surface area (TPSA) is 129 Å². The second-order valence-electron chi connectivity index (χ2n) is 8.30. The number of nitrogens with one attached hydrogen (secondary N) is 1. The maximum atomic E-state index is 13.0. The first kappa shape index (κ1) is 23.3. The Bertz CT molecular complexity index is 914. The number of nitrogens with zero attached hydrogens (tertiary/aromatic N) is 2. The van der Waals surface area contributed by atoms with Crippen molar-refractivity contribution in [1.29, 1.82) is 0 Å². The second kappa shape index (κ2) is 9.86. The molecule has 0 saturated carbocycles. The summed E-state index contributed by atoms with van der Waals surface area (Å²) in [4.78, 5) is 32.4. The highest BCUT2D eigenvalue weighted by atomic mass is 32.1. The predicted molar refractivity (Wildman–Crippen MR) is 119 cm³/mol. The Morgan fingerprint density at radius 1 is 1.32 bits per heavy atom. The van der Waals surface area contributed by atoms with Crippen molar-refractivity contribution in [2.75, 3.05) is 13.2 Å². The Morgan fingerprint density at radius 2 is 2.00 bits per heavy atom. The van der Waals surface area contributed by atoms with E-state index in [-0.39, 0.29) is 31.4 Å². The lowest BCUT2D eigenvalue weighted by Gasteiger charge is -2.29. The maximum absolute atomic E-state index is 13.0. The van der Waals surface area contributed by atoms with Crippen LogP contribution < -0.4 is 11.1 Å². The molecule has 4 atom stereocenters. The van der Waals surface area contributed by atoms with Gasteiger partial charge in [-0.15, -0.1) is 11.3 Å². The number of thiazole rings is 1. The first-order valence-electron chi connectivity index (χ1n) is 10.4. The molecule has 0 radical (unpaired) electrons. The van der Waals surface area contributed by atoms with Crippen LogP contribution in [0.15, 0.2) is 29.8 Å². The van der Waals surface area contributed by atoms with Gasteiger partial charge in [-0.25, -0.2) is 4.98 Å². The van der Waals surface area contributed by atoms with Gasteiger partial charge in [0.15, 0.2) is 0 Å². The number of aromatic nitrogens is 1. The van der Waals surface area contributed by atoms with Crippen molar-refractivity contribution >= 4 is 23.2 Å². The Balaban J connectivity index is 1.72. The van der Waals surface area contributed by atoms with Crippen LogP contribution in [0.4, 0.5) is 0 Å². The fourth-order valence-electron chi connectivity index (χ4n) is 3.73. The quantitative estimate of drug-likeness (QED) is 0.506. The number of aryl methyl sites for hydroxylation is 1. The molecule has 1 aromatic carbocycles. The molecular formula is C22H30N4O4S. The molecule has 5 N–H and O–H groups in total. The number of nitrogens with two attached hydrogens (primary N) is 1. The highest BCUT2D eigenvalue weighted by molar-refractivity contribution is 7.13. The van der Waals surface area contributed by atoms with Crippen LogP contribution in [0.3, 0.4) is 0 Å². The molecule has 168 valence electrons. The molecule has 9 heteroatoms. The van der Waals surface area contributed by atoms with Crippen molar-refractivity contribution in [1.82, 2.24) is 15.2 Å². The summed E-state index contributed by atoms with van der Waals surface area (Å²) in [6.45, 7) is 5.40. The summed E-state index contributed by atoms with van der Waals surface area (Å²) in [6.07, 6.45) is -0.641. The number of amides is 2. The van der Waals surface area contributed by atoms with E-state index in [4.69, 9.17) is 5.73 Å². The number of aliphatic hydroxyl groups is 2. The number of likely N-dealkylation sites (tertiary alicyclic amines) is 1. The van der Waals surface area contributed by atoms with Crippen LogP contribution in [-0.4, -0.2) is 63.3 Å². The van der Waals surface area contributed by atoms with Gasteiger partial charge in [0.25, 0.3) is 0 Å². The molecule has 1 aromatic heterocycles. The van der Waals surface area contributed by atoms with E-state index >= 15 is 0 Å². The molecule has 0 spiro atoms. The molecule has 8 nitrogen and oxygen atoms in total. The summed E-state index contributed by atoms with van der Waals surface area (Å²) in [7, 11) is 0. The fourth-order valence-corrected chi connectivity index (χ4v) is 4.54. The number of hydrogen-bond acceptors (Lipinski definition) is 7. The van der Waals surface area contributed by atoms with Gasteiger partial charge in [0, 0.05) is 13.0 Å². The number of carbonyl (C=O) groups is 2. The molecule has 0 aliphatic carbocycles. The van der Waals surface area contributed by atoms with Gasteiger partial charge in [-0.2, -0.15) is 0 Å². The second-order valence-corrected chi connectivity index (χ2v) is 9.15. The molecule has 2 amide bonds. The van der Waals surface area contributed by atoms with Crippen LogP contribution in [0, 0.1) is 12.8 Å². The maximum Gasteiger partial charge on any atom is 0.243 e. The van der Waals surface area contributed by atoms with Crippen molar-refractivity contribution in [2.24, 2.45) is 11.7 Å². The zero-order chi connectivity index (χ0) is 22.7. The molecule has 1 aliphatic heterocycles. The Kier molecular flexibility index (Phi) is 7.42. The molecule has 2 unspecified atom stereocenters. The fraction of sp³-hybridized carbons (Fsp3) is 0.500. The van der Waals surface area contributed by atoms with Gasteiger partial charge in [0.2, 0.25) is 11.8 Å². The van der Waals surface area contributed by atoms with Crippen LogP contribution in [0.5, 0.6) is 0 Å². The lowest BCUT2D eigenvalue weighted by atomic mass is 10.0. The van der Waals surface area contributed by atoms with Gasteiger partial charge >= 0.3 is 0 Å². The Labute approximate surface area is 186 Å². The van der Waals surface area contributed by atoms with Gasteiger partial charge in [0.1, 0.15) is 6.04 Å². The van der Waals surface area contributed by atoms with E-state index in [0.717, 1.165) is 21.7 Å². The highest BCUT2D eigenvalue weighted by Gasteiger charge is 2.41. The van der Waals surface area contributed by atoms with Gasteiger partial charge in [-0.3, -0.25) is 9.59 Å². The number of hydrogen-bond donors (Lipinski definition) is 4. The molecule has 0 bridgehead atoms. The Morgan fingerprint density at radius 3 is 2.55 bits per heavy atom. The minimum Gasteiger partial charge on any atom is -0.394 e. The third kappa shape index (κ3) is 5.12. The summed E-state index contributed by atoms with van der Waals surface area (Å²) in [5.74, 6) is -0.848.